The van der Waals surface area contributed by atoms with E-state index in [2.05, 4.69) is 220 Å². The second-order valence-corrected chi connectivity index (χ2v) is 16.1. The molecule has 0 atom stereocenters. The van der Waals surface area contributed by atoms with E-state index < -0.39 is 5.41 Å². The molecule has 2 aliphatic rings. The van der Waals surface area contributed by atoms with E-state index in [0.717, 1.165) is 61.8 Å². The summed E-state index contributed by atoms with van der Waals surface area (Å²) in [7, 11) is 0. The van der Waals surface area contributed by atoms with Gasteiger partial charge in [-0.25, -0.2) is 9.97 Å². The highest BCUT2D eigenvalue weighted by Crippen LogP contribution is 2.61. The van der Waals surface area contributed by atoms with E-state index in [9.17, 15) is 0 Å². The van der Waals surface area contributed by atoms with Crippen LogP contribution in [0.3, 0.4) is 0 Å². The lowest BCUT2D eigenvalue weighted by molar-refractivity contribution is 0.425. The van der Waals surface area contributed by atoms with E-state index in [1.807, 2.05) is 0 Å². The van der Waals surface area contributed by atoms with Crippen LogP contribution in [0.4, 0.5) is 0 Å². The monoisotopic (exact) mass is 756 g/mol. The molecule has 9 aromatic rings. The van der Waals surface area contributed by atoms with Gasteiger partial charge in [0.1, 0.15) is 11.5 Å². The van der Waals surface area contributed by atoms with Gasteiger partial charge in [0.15, 0.2) is 5.82 Å². The Hall–Kier alpha value is -7.36. The molecule has 11 rings (SSSR count). The summed E-state index contributed by atoms with van der Waals surface area (Å²) in [6, 6.07) is 73.5. The summed E-state index contributed by atoms with van der Waals surface area (Å²) in [4.78, 5) is 10.9. The largest absolute Gasteiger partial charge is 0.457 e. The normalized spacial score (nSPS) is 14.0. The number of hydrogen-bond donors (Lipinski definition) is 0. The van der Waals surface area contributed by atoms with Crippen molar-refractivity contribution in [2.75, 3.05) is 0 Å². The molecule has 3 nitrogen and oxygen atoms in total. The summed E-state index contributed by atoms with van der Waals surface area (Å²) in [6.45, 7) is 4.70. The van der Waals surface area contributed by atoms with Crippen LogP contribution in [0.25, 0.3) is 56.2 Å². The van der Waals surface area contributed by atoms with Gasteiger partial charge < -0.3 is 4.74 Å². The number of ether oxygens (including phenoxy) is 1. The van der Waals surface area contributed by atoms with Crippen LogP contribution < -0.4 is 4.74 Å². The van der Waals surface area contributed by atoms with Crippen molar-refractivity contribution in [3.05, 3.63) is 240 Å². The first-order valence-electron chi connectivity index (χ1n) is 20.3. The van der Waals surface area contributed by atoms with E-state index in [0.29, 0.717) is 5.82 Å². The molecule has 8 aromatic carbocycles. The van der Waals surface area contributed by atoms with Crippen molar-refractivity contribution in [2.24, 2.45) is 0 Å². The molecule has 0 saturated heterocycles. The van der Waals surface area contributed by atoms with Crippen LogP contribution in [0, 0.1) is 0 Å². The third-order valence-electron chi connectivity index (χ3n) is 12.4. The van der Waals surface area contributed by atoms with Crippen LogP contribution in [0.2, 0.25) is 0 Å². The van der Waals surface area contributed by atoms with Gasteiger partial charge in [0, 0.05) is 33.2 Å². The molecule has 0 bridgehead atoms. The highest BCUT2D eigenvalue weighted by atomic mass is 16.5. The lowest BCUT2D eigenvalue weighted by Gasteiger charge is -2.50. The van der Waals surface area contributed by atoms with Crippen molar-refractivity contribution in [3.8, 4) is 67.7 Å². The molecule has 1 aliphatic carbocycles. The molecule has 0 N–H and O–H groups in total. The highest BCUT2D eigenvalue weighted by molar-refractivity contribution is 5.80. The van der Waals surface area contributed by atoms with E-state index >= 15 is 0 Å². The van der Waals surface area contributed by atoms with Gasteiger partial charge in [-0.05, 0) is 80.9 Å². The lowest BCUT2D eigenvalue weighted by atomic mass is 9.53. The van der Waals surface area contributed by atoms with Gasteiger partial charge in [0.05, 0.1) is 16.8 Å². The Labute approximate surface area is 345 Å². The molecule has 59 heavy (non-hydrogen) atoms. The Morgan fingerprint density at radius 3 is 1.32 bits per heavy atom. The maximum atomic E-state index is 6.69. The average Bonchev–Trinajstić information content (AvgIpc) is 3.31. The van der Waals surface area contributed by atoms with Crippen LogP contribution in [0.5, 0.6) is 11.5 Å². The number of hydrogen-bond acceptors (Lipinski definition) is 3. The first kappa shape index (κ1) is 34.9. The van der Waals surface area contributed by atoms with Crippen LogP contribution in [0.15, 0.2) is 206 Å². The van der Waals surface area contributed by atoms with Crippen LogP contribution in [0.1, 0.15) is 47.2 Å². The molecule has 2 heterocycles. The topological polar surface area (TPSA) is 35.0 Å². The minimum Gasteiger partial charge on any atom is -0.457 e. The maximum absolute atomic E-state index is 6.69. The van der Waals surface area contributed by atoms with Crippen molar-refractivity contribution >= 4 is 0 Å². The first-order chi connectivity index (χ1) is 29.0. The summed E-state index contributed by atoms with van der Waals surface area (Å²) in [5, 5.41) is 0. The molecule has 0 unspecified atom stereocenters. The van der Waals surface area contributed by atoms with Gasteiger partial charge in [-0.3, -0.25) is 0 Å². The van der Waals surface area contributed by atoms with Crippen LogP contribution >= 0.6 is 0 Å². The van der Waals surface area contributed by atoms with Crippen LogP contribution in [-0.2, 0) is 10.8 Å². The number of rotatable bonds is 5. The van der Waals surface area contributed by atoms with Crippen molar-refractivity contribution in [1.29, 1.82) is 0 Å². The maximum Gasteiger partial charge on any atom is 0.160 e. The van der Waals surface area contributed by atoms with Gasteiger partial charge in [-0.15, -0.1) is 0 Å². The number of para-hydroxylation sites is 2. The Bertz CT molecular complexity index is 2910. The Balaban J connectivity index is 1.17. The molecule has 280 valence electrons. The molecule has 0 radical (unpaired) electrons. The number of aromatic nitrogens is 2. The SMILES string of the molecule is CC1(C)c2ccccc2C2(c3ccccc3Oc3ccccc32)c2cc(-c3nc(-c4cccc(-c5ccccc5)c4)cc(-c4cccc(-c5ccccc5)c4)n3)ccc21. The number of fused-ring (bicyclic) bond motifs is 8. The fourth-order valence-electron chi connectivity index (χ4n) is 9.61. The summed E-state index contributed by atoms with van der Waals surface area (Å²) in [5.41, 5.74) is 15.8. The van der Waals surface area contributed by atoms with E-state index in [1.54, 1.807) is 0 Å². The van der Waals surface area contributed by atoms with Crippen molar-refractivity contribution in [3.63, 3.8) is 0 Å². The molecule has 1 aromatic heterocycles. The predicted octanol–water partition coefficient (Wildman–Crippen LogP) is 13.9. The Morgan fingerprint density at radius 1 is 0.322 bits per heavy atom. The fourth-order valence-corrected chi connectivity index (χ4v) is 9.61. The number of nitrogens with zero attached hydrogens (tertiary/aromatic N) is 2. The second kappa shape index (κ2) is 13.6. The highest BCUT2D eigenvalue weighted by Gasteiger charge is 2.52. The zero-order valence-electron chi connectivity index (χ0n) is 32.9. The molecule has 3 heteroatoms. The van der Waals surface area contributed by atoms with Crippen LogP contribution in [-0.4, -0.2) is 9.97 Å². The summed E-state index contributed by atoms with van der Waals surface area (Å²) in [6.07, 6.45) is 0. The van der Waals surface area contributed by atoms with Gasteiger partial charge in [0.2, 0.25) is 0 Å². The smallest absolute Gasteiger partial charge is 0.160 e. The standard InChI is InChI=1S/C56H40N2O/c1-55(2)44-25-9-10-26-46(44)56(47-27-11-13-29-52(47)59-53-30-14-12-28-48(53)56)49-35-43(31-32-45(49)55)54-57-50(41-23-15-21-39(33-41)37-17-5-3-6-18-37)36-51(58-54)42-24-16-22-40(34-42)38-19-7-4-8-20-38/h3-36H,1-2H3. The molecule has 1 spiro atoms. The lowest BCUT2D eigenvalue weighted by Crippen LogP contribution is -2.43. The van der Waals surface area contributed by atoms with Gasteiger partial charge >= 0.3 is 0 Å². The summed E-state index contributed by atoms with van der Waals surface area (Å²) >= 11 is 0. The zero-order chi connectivity index (χ0) is 39.6. The van der Waals surface area contributed by atoms with Crippen molar-refractivity contribution in [1.82, 2.24) is 9.97 Å². The molecular formula is C56H40N2O. The average molecular weight is 757 g/mol. The minimum atomic E-state index is -0.642. The molecule has 0 fully saturated rings. The van der Waals surface area contributed by atoms with E-state index in [-0.39, 0.29) is 5.41 Å². The quantitative estimate of drug-likeness (QED) is 0.175. The molecule has 1 aliphatic heterocycles. The van der Waals surface area contributed by atoms with Crippen molar-refractivity contribution < 1.29 is 4.74 Å². The third kappa shape index (κ3) is 5.57. The van der Waals surface area contributed by atoms with Gasteiger partial charge in [0.25, 0.3) is 0 Å². The van der Waals surface area contributed by atoms with E-state index in [1.165, 1.54) is 33.4 Å². The zero-order valence-corrected chi connectivity index (χ0v) is 32.9. The molecule has 0 amide bonds. The molecular weight excluding hydrogens is 717 g/mol. The fraction of sp³-hybridized carbons (Fsp3) is 0.0714. The Morgan fingerprint density at radius 2 is 0.763 bits per heavy atom. The van der Waals surface area contributed by atoms with E-state index in [4.69, 9.17) is 14.7 Å². The first-order valence-corrected chi connectivity index (χ1v) is 20.3. The second-order valence-electron chi connectivity index (χ2n) is 16.1. The third-order valence-corrected chi connectivity index (χ3v) is 12.4. The minimum absolute atomic E-state index is 0.276. The number of benzene rings is 8. The summed E-state index contributed by atoms with van der Waals surface area (Å²) < 4.78 is 6.69. The molecule has 0 saturated carbocycles. The summed E-state index contributed by atoms with van der Waals surface area (Å²) in [5.74, 6) is 2.42. The van der Waals surface area contributed by atoms with Crippen molar-refractivity contribution in [2.45, 2.75) is 24.7 Å². The van der Waals surface area contributed by atoms with Gasteiger partial charge in [-0.1, -0.05) is 184 Å². The predicted molar refractivity (Wildman–Crippen MR) is 240 cm³/mol. The van der Waals surface area contributed by atoms with Gasteiger partial charge in [-0.2, -0.15) is 0 Å². The Kier molecular flexibility index (Phi) is 8.06.